The number of rotatable bonds is 1. The number of nitrogens with two attached hydrogens (primary N) is 1. The van der Waals surface area contributed by atoms with Crippen molar-refractivity contribution in [1.29, 1.82) is 0 Å². The van der Waals surface area contributed by atoms with E-state index in [-0.39, 0.29) is 0 Å². The maximum absolute atomic E-state index is 5.33. The SMILES string of the molecule is CC.CC.NNc1ccc2c(c1)CCCC2. The Hall–Kier alpha value is -1.02. The highest BCUT2D eigenvalue weighted by Crippen LogP contribution is 2.23. The van der Waals surface area contributed by atoms with Gasteiger partial charge in [-0.2, -0.15) is 0 Å². The molecule has 3 N–H and O–H groups in total. The molecule has 1 aliphatic rings. The monoisotopic (exact) mass is 222 g/mol. The van der Waals surface area contributed by atoms with E-state index < -0.39 is 0 Å². The summed E-state index contributed by atoms with van der Waals surface area (Å²) in [6.45, 7) is 8.00. The predicted molar refractivity (Wildman–Crippen MR) is 73.6 cm³/mol. The van der Waals surface area contributed by atoms with E-state index in [1.54, 1.807) is 0 Å². The second kappa shape index (κ2) is 9.22. The largest absolute Gasteiger partial charge is 0.324 e. The lowest BCUT2D eigenvalue weighted by Crippen LogP contribution is -2.09. The fourth-order valence-corrected chi connectivity index (χ4v) is 1.82. The Labute approximate surface area is 100 Å². The van der Waals surface area contributed by atoms with Crippen LogP contribution in [-0.2, 0) is 12.8 Å². The van der Waals surface area contributed by atoms with Gasteiger partial charge >= 0.3 is 0 Å². The number of aryl methyl sites for hydroxylation is 2. The van der Waals surface area contributed by atoms with Gasteiger partial charge in [-0.15, -0.1) is 0 Å². The summed E-state index contributed by atoms with van der Waals surface area (Å²) in [7, 11) is 0. The minimum absolute atomic E-state index is 1.02. The molecule has 0 spiro atoms. The fraction of sp³-hybridized carbons (Fsp3) is 0.571. The molecule has 0 unspecified atom stereocenters. The molecule has 2 rings (SSSR count). The molecule has 0 aliphatic heterocycles. The van der Waals surface area contributed by atoms with Crippen LogP contribution < -0.4 is 11.3 Å². The third kappa shape index (κ3) is 4.23. The van der Waals surface area contributed by atoms with Crippen LogP contribution in [0.4, 0.5) is 5.69 Å². The van der Waals surface area contributed by atoms with Crippen LogP contribution in [0.3, 0.4) is 0 Å². The van der Waals surface area contributed by atoms with E-state index in [0.717, 1.165) is 5.69 Å². The van der Waals surface area contributed by atoms with E-state index in [1.807, 2.05) is 33.8 Å². The van der Waals surface area contributed by atoms with Gasteiger partial charge in [0.15, 0.2) is 0 Å². The minimum atomic E-state index is 1.02. The number of hydrogen-bond acceptors (Lipinski definition) is 2. The van der Waals surface area contributed by atoms with Gasteiger partial charge in [0.1, 0.15) is 0 Å². The van der Waals surface area contributed by atoms with Gasteiger partial charge in [-0.1, -0.05) is 33.8 Å². The van der Waals surface area contributed by atoms with Gasteiger partial charge in [0.05, 0.1) is 0 Å². The summed E-state index contributed by atoms with van der Waals surface area (Å²) in [5.74, 6) is 5.33. The Kier molecular flexibility index (Phi) is 8.64. The van der Waals surface area contributed by atoms with Crippen molar-refractivity contribution in [2.24, 2.45) is 5.84 Å². The molecule has 0 heterocycles. The van der Waals surface area contributed by atoms with E-state index in [1.165, 1.54) is 36.8 Å². The zero-order chi connectivity index (χ0) is 12.4. The van der Waals surface area contributed by atoms with Crippen LogP contribution >= 0.6 is 0 Å². The Morgan fingerprint density at radius 3 is 2.06 bits per heavy atom. The van der Waals surface area contributed by atoms with Gasteiger partial charge in [0, 0.05) is 5.69 Å². The molecule has 1 aromatic rings. The highest BCUT2D eigenvalue weighted by molar-refractivity contribution is 5.48. The van der Waals surface area contributed by atoms with Crippen molar-refractivity contribution >= 4 is 5.69 Å². The molecule has 16 heavy (non-hydrogen) atoms. The summed E-state index contributed by atoms with van der Waals surface area (Å²) in [6.07, 6.45) is 5.11. The first-order valence-electron chi connectivity index (χ1n) is 6.48. The molecule has 1 aliphatic carbocycles. The average Bonchev–Trinajstić information content (AvgIpc) is 2.42. The van der Waals surface area contributed by atoms with Crippen LogP contribution in [0.1, 0.15) is 51.7 Å². The lowest BCUT2D eigenvalue weighted by Gasteiger charge is -2.16. The third-order valence-electron chi connectivity index (χ3n) is 2.52. The molecule has 0 atom stereocenters. The van der Waals surface area contributed by atoms with Crippen LogP contribution in [0, 0.1) is 0 Å². The average molecular weight is 222 g/mol. The van der Waals surface area contributed by atoms with Gasteiger partial charge in [0.2, 0.25) is 0 Å². The lowest BCUT2D eigenvalue weighted by atomic mass is 9.91. The van der Waals surface area contributed by atoms with Crippen LogP contribution in [0.25, 0.3) is 0 Å². The molecule has 0 radical (unpaired) electrons. The summed E-state index contributed by atoms with van der Waals surface area (Å²) < 4.78 is 0. The number of benzene rings is 1. The van der Waals surface area contributed by atoms with E-state index >= 15 is 0 Å². The molecule has 0 bridgehead atoms. The molecule has 0 saturated carbocycles. The quantitative estimate of drug-likeness (QED) is 0.558. The van der Waals surface area contributed by atoms with E-state index in [0.29, 0.717) is 0 Å². The predicted octanol–water partition coefficient (Wildman–Crippen LogP) is 3.90. The molecule has 0 aromatic heterocycles. The topological polar surface area (TPSA) is 38.0 Å². The zero-order valence-electron chi connectivity index (χ0n) is 11.1. The van der Waals surface area contributed by atoms with Gasteiger partial charge in [-0.3, -0.25) is 5.84 Å². The van der Waals surface area contributed by atoms with Crippen molar-refractivity contribution in [3.8, 4) is 0 Å². The zero-order valence-corrected chi connectivity index (χ0v) is 11.1. The molecule has 1 aromatic carbocycles. The summed E-state index contributed by atoms with van der Waals surface area (Å²) >= 11 is 0. The molecule has 92 valence electrons. The first-order chi connectivity index (χ1) is 7.90. The van der Waals surface area contributed by atoms with Crippen molar-refractivity contribution < 1.29 is 0 Å². The van der Waals surface area contributed by atoms with Gasteiger partial charge in [-0.05, 0) is 48.9 Å². The van der Waals surface area contributed by atoms with Gasteiger partial charge in [-0.25, -0.2) is 0 Å². The van der Waals surface area contributed by atoms with E-state index in [2.05, 4.69) is 17.6 Å². The van der Waals surface area contributed by atoms with Crippen molar-refractivity contribution in [3.05, 3.63) is 29.3 Å². The normalized spacial score (nSPS) is 12.3. The lowest BCUT2D eigenvalue weighted by molar-refractivity contribution is 0.686. The molecule has 2 nitrogen and oxygen atoms in total. The summed E-state index contributed by atoms with van der Waals surface area (Å²) in [5, 5.41) is 0. The van der Waals surface area contributed by atoms with Gasteiger partial charge in [0.25, 0.3) is 0 Å². The molecule has 0 saturated heterocycles. The van der Waals surface area contributed by atoms with Crippen LogP contribution in [-0.4, -0.2) is 0 Å². The highest BCUT2D eigenvalue weighted by Gasteiger charge is 2.08. The van der Waals surface area contributed by atoms with Crippen LogP contribution in [0.5, 0.6) is 0 Å². The van der Waals surface area contributed by atoms with Crippen molar-refractivity contribution in [1.82, 2.24) is 0 Å². The van der Waals surface area contributed by atoms with E-state index in [4.69, 9.17) is 5.84 Å². The molecular formula is C14H26N2. The summed E-state index contributed by atoms with van der Waals surface area (Å²) in [6, 6.07) is 6.39. The maximum Gasteiger partial charge on any atom is 0.0488 e. The number of nitrogen functional groups attached to an aromatic ring is 1. The smallest absolute Gasteiger partial charge is 0.0488 e. The summed E-state index contributed by atoms with van der Waals surface area (Å²) in [5.41, 5.74) is 6.67. The van der Waals surface area contributed by atoms with Crippen molar-refractivity contribution in [2.45, 2.75) is 53.4 Å². The molecule has 0 fully saturated rings. The Balaban J connectivity index is 0.000000509. The minimum Gasteiger partial charge on any atom is -0.324 e. The molecular weight excluding hydrogens is 196 g/mol. The fourth-order valence-electron chi connectivity index (χ4n) is 1.82. The first kappa shape index (κ1) is 15.0. The van der Waals surface area contributed by atoms with Crippen LogP contribution in [0.2, 0.25) is 0 Å². The summed E-state index contributed by atoms with van der Waals surface area (Å²) in [4.78, 5) is 0. The second-order valence-electron chi connectivity index (χ2n) is 3.33. The van der Waals surface area contributed by atoms with E-state index in [9.17, 15) is 0 Å². The Bertz CT molecular complexity index is 282. The van der Waals surface area contributed by atoms with Crippen molar-refractivity contribution in [2.75, 3.05) is 5.43 Å². The Morgan fingerprint density at radius 2 is 1.50 bits per heavy atom. The van der Waals surface area contributed by atoms with Crippen LogP contribution in [0.15, 0.2) is 18.2 Å². The number of hydrogen-bond donors (Lipinski definition) is 2. The third-order valence-corrected chi connectivity index (χ3v) is 2.52. The number of fused-ring (bicyclic) bond motifs is 1. The standard InChI is InChI=1S/C10H14N2.2C2H6/c11-12-10-6-5-8-3-1-2-4-9(8)7-10;2*1-2/h5-7,12H,1-4,11H2;2*1-2H3. The van der Waals surface area contributed by atoms with Gasteiger partial charge < -0.3 is 5.43 Å². The number of hydrazine groups is 1. The second-order valence-corrected chi connectivity index (χ2v) is 3.33. The molecule has 2 heteroatoms. The highest BCUT2D eigenvalue weighted by atomic mass is 15.2. The maximum atomic E-state index is 5.33. The first-order valence-corrected chi connectivity index (χ1v) is 6.48. The van der Waals surface area contributed by atoms with Crippen molar-refractivity contribution in [3.63, 3.8) is 0 Å². The number of nitrogens with one attached hydrogen (secondary N) is 1. The number of anilines is 1. The molecule has 0 amide bonds. The Morgan fingerprint density at radius 1 is 0.938 bits per heavy atom.